The molecule has 8 aromatic carbocycles. The molecule has 0 fully saturated rings. The molecular weight excluding hydrogens is 676 g/mol. The van der Waals surface area contributed by atoms with Gasteiger partial charge in [0.2, 0.25) is 0 Å². The maximum Gasteiger partial charge on any atom is 0.171 e. The minimum Gasteiger partial charge on any atom is -0.309 e. The molecule has 0 N–H and O–H groups in total. The van der Waals surface area contributed by atoms with Crippen molar-refractivity contribution >= 4 is 33.8 Å². The first-order valence-corrected chi connectivity index (χ1v) is 19.8. The van der Waals surface area contributed by atoms with Gasteiger partial charge in [0.1, 0.15) is 0 Å². The highest BCUT2D eigenvalue weighted by Gasteiger charge is 2.30. The highest BCUT2D eigenvalue weighted by Crippen LogP contribution is 2.44. The highest BCUT2D eigenvalue weighted by molar-refractivity contribution is 7.85. The van der Waals surface area contributed by atoms with Crippen molar-refractivity contribution < 1.29 is 4.57 Å². The Labute approximate surface area is 315 Å². The van der Waals surface area contributed by atoms with Gasteiger partial charge in [0.05, 0.1) is 11.4 Å². The zero-order valence-corrected chi connectivity index (χ0v) is 30.4. The van der Waals surface area contributed by atoms with Gasteiger partial charge in [0, 0.05) is 32.6 Å². The van der Waals surface area contributed by atoms with E-state index in [9.17, 15) is 0 Å². The molecule has 0 atom stereocenters. The maximum atomic E-state index is 15.2. The van der Waals surface area contributed by atoms with Crippen LogP contribution in [-0.2, 0) is 4.57 Å². The summed E-state index contributed by atoms with van der Waals surface area (Å²) < 4.78 is 15.2. The third-order valence-corrected chi connectivity index (χ3v) is 13.0. The van der Waals surface area contributed by atoms with Gasteiger partial charge in [0.25, 0.3) is 0 Å². The molecule has 0 unspecified atom stereocenters. The van der Waals surface area contributed by atoms with Crippen molar-refractivity contribution in [3.05, 3.63) is 212 Å². The summed E-state index contributed by atoms with van der Waals surface area (Å²) in [4.78, 5) is 10.1. The predicted molar refractivity (Wildman–Crippen MR) is 226 cm³/mol. The SMILES string of the molecule is O=P(c1ccccc1)(c1ccccc1)c1cccc(-c2ccc(-c3cccc(-c4cc(-c5ccccc5)nc(-c5ccccc5)n4)c3)c3ccccc23)c1. The molecule has 1 heterocycles. The minimum absolute atomic E-state index is 0.693. The molecule has 0 spiro atoms. The van der Waals surface area contributed by atoms with Gasteiger partial charge >= 0.3 is 0 Å². The third kappa shape index (κ3) is 6.26. The lowest BCUT2D eigenvalue weighted by Gasteiger charge is -2.21. The van der Waals surface area contributed by atoms with E-state index in [0.717, 1.165) is 77.0 Å². The first-order chi connectivity index (χ1) is 26.6. The molecular formula is C50H35N2OP. The fourth-order valence-corrected chi connectivity index (χ4v) is 10.0. The van der Waals surface area contributed by atoms with Gasteiger partial charge in [0.15, 0.2) is 13.0 Å². The number of benzene rings is 8. The van der Waals surface area contributed by atoms with Crippen LogP contribution in [0.15, 0.2) is 212 Å². The average molecular weight is 711 g/mol. The van der Waals surface area contributed by atoms with Crippen molar-refractivity contribution in [2.75, 3.05) is 0 Å². The van der Waals surface area contributed by atoms with Crippen molar-refractivity contribution in [1.29, 1.82) is 0 Å². The van der Waals surface area contributed by atoms with Gasteiger partial charge in [-0.2, -0.15) is 0 Å². The molecule has 0 aliphatic rings. The number of rotatable bonds is 8. The number of hydrogen-bond donors (Lipinski definition) is 0. The van der Waals surface area contributed by atoms with Crippen LogP contribution in [0.5, 0.6) is 0 Å². The average Bonchev–Trinajstić information content (AvgIpc) is 3.27. The second kappa shape index (κ2) is 14.4. The zero-order chi connectivity index (χ0) is 36.3. The van der Waals surface area contributed by atoms with Crippen molar-refractivity contribution in [2.45, 2.75) is 0 Å². The predicted octanol–water partition coefficient (Wildman–Crippen LogP) is 11.6. The van der Waals surface area contributed by atoms with Crippen LogP contribution in [0.25, 0.3) is 66.9 Å². The Morgan fingerprint density at radius 2 is 0.722 bits per heavy atom. The highest BCUT2D eigenvalue weighted by atomic mass is 31.2. The van der Waals surface area contributed by atoms with Crippen LogP contribution in [0.4, 0.5) is 0 Å². The lowest BCUT2D eigenvalue weighted by molar-refractivity contribution is 0.592. The normalized spacial score (nSPS) is 11.4. The maximum absolute atomic E-state index is 15.2. The Bertz CT molecular complexity index is 2680. The van der Waals surface area contributed by atoms with E-state index in [1.165, 1.54) is 0 Å². The van der Waals surface area contributed by atoms with Crippen LogP contribution in [0.2, 0.25) is 0 Å². The largest absolute Gasteiger partial charge is 0.309 e. The van der Waals surface area contributed by atoms with E-state index in [-0.39, 0.29) is 0 Å². The number of nitrogens with zero attached hydrogens (tertiary/aromatic N) is 2. The van der Waals surface area contributed by atoms with E-state index in [1.807, 2.05) is 109 Å². The van der Waals surface area contributed by atoms with Gasteiger partial charge in [-0.1, -0.05) is 194 Å². The van der Waals surface area contributed by atoms with Gasteiger partial charge in [-0.3, -0.25) is 0 Å². The number of fused-ring (bicyclic) bond motifs is 1. The van der Waals surface area contributed by atoms with Crippen molar-refractivity contribution in [3.63, 3.8) is 0 Å². The van der Waals surface area contributed by atoms with Crippen molar-refractivity contribution in [1.82, 2.24) is 9.97 Å². The first-order valence-electron chi connectivity index (χ1n) is 18.1. The molecule has 0 aliphatic carbocycles. The monoisotopic (exact) mass is 710 g/mol. The van der Waals surface area contributed by atoms with Crippen LogP contribution in [0.3, 0.4) is 0 Å². The van der Waals surface area contributed by atoms with Gasteiger partial charge in [-0.15, -0.1) is 0 Å². The molecule has 0 saturated carbocycles. The molecule has 4 heteroatoms. The lowest BCUT2D eigenvalue weighted by atomic mass is 9.91. The fourth-order valence-electron chi connectivity index (χ4n) is 7.31. The topological polar surface area (TPSA) is 42.9 Å². The van der Waals surface area contributed by atoms with Gasteiger partial charge in [-0.05, 0) is 51.2 Å². The standard InChI is InChI=1S/C50H35N2OP/c53-54(41-24-9-3-10-25-41,42-26-11-4-12-27-42)43-28-16-22-39(34-43)45-32-31-44(46-29-13-14-30-47(45)46)38-21-15-23-40(33-38)49-35-48(36-17-5-1-6-18-36)51-50(52-49)37-19-7-2-8-20-37/h1-35H. The van der Waals surface area contributed by atoms with E-state index < -0.39 is 7.14 Å². The molecule has 0 bridgehead atoms. The lowest BCUT2D eigenvalue weighted by Crippen LogP contribution is -2.25. The van der Waals surface area contributed by atoms with Crippen LogP contribution in [0, 0.1) is 0 Å². The van der Waals surface area contributed by atoms with E-state index >= 15 is 4.57 Å². The van der Waals surface area contributed by atoms with Crippen LogP contribution < -0.4 is 15.9 Å². The molecule has 3 nitrogen and oxygen atoms in total. The zero-order valence-electron chi connectivity index (χ0n) is 29.5. The molecule has 0 saturated heterocycles. The van der Waals surface area contributed by atoms with E-state index in [4.69, 9.17) is 9.97 Å². The molecule has 0 aliphatic heterocycles. The molecule has 9 aromatic rings. The van der Waals surface area contributed by atoms with E-state index in [1.54, 1.807) is 0 Å². The molecule has 54 heavy (non-hydrogen) atoms. The number of hydrogen-bond acceptors (Lipinski definition) is 3. The molecule has 9 rings (SSSR count). The number of aromatic nitrogens is 2. The molecule has 256 valence electrons. The Hall–Kier alpha value is -6.67. The van der Waals surface area contributed by atoms with Crippen LogP contribution in [0.1, 0.15) is 0 Å². The fraction of sp³-hybridized carbons (Fsp3) is 0. The molecule has 0 amide bonds. The summed E-state index contributed by atoms with van der Waals surface area (Å²) in [6.45, 7) is 0. The van der Waals surface area contributed by atoms with Crippen LogP contribution in [-0.4, -0.2) is 9.97 Å². The van der Waals surface area contributed by atoms with Crippen molar-refractivity contribution in [3.8, 4) is 56.2 Å². The Balaban J connectivity index is 1.15. The summed E-state index contributed by atoms with van der Waals surface area (Å²) in [5.74, 6) is 0.693. The third-order valence-electron chi connectivity index (χ3n) is 9.98. The second-order valence-corrected chi connectivity index (χ2v) is 16.1. The summed E-state index contributed by atoms with van der Waals surface area (Å²) in [6, 6.07) is 72.1. The van der Waals surface area contributed by atoms with Gasteiger partial charge in [-0.25, -0.2) is 9.97 Å². The van der Waals surface area contributed by atoms with Gasteiger partial charge < -0.3 is 4.57 Å². The minimum atomic E-state index is -3.13. The summed E-state index contributed by atoms with van der Waals surface area (Å²) in [6.07, 6.45) is 0. The van der Waals surface area contributed by atoms with E-state index in [2.05, 4.69) is 103 Å². The van der Waals surface area contributed by atoms with Crippen LogP contribution >= 0.6 is 7.14 Å². The molecule has 1 aromatic heterocycles. The summed E-state index contributed by atoms with van der Waals surface area (Å²) in [7, 11) is -3.13. The van der Waals surface area contributed by atoms with E-state index in [0.29, 0.717) is 5.82 Å². The smallest absolute Gasteiger partial charge is 0.171 e. The summed E-state index contributed by atoms with van der Waals surface area (Å²) in [5, 5.41) is 4.73. The Kier molecular flexibility index (Phi) is 8.84. The Morgan fingerprint density at radius 1 is 0.315 bits per heavy atom. The quantitative estimate of drug-likeness (QED) is 0.147. The second-order valence-electron chi connectivity index (χ2n) is 13.3. The summed E-state index contributed by atoms with van der Waals surface area (Å²) >= 11 is 0. The first kappa shape index (κ1) is 33.2. The van der Waals surface area contributed by atoms with Crippen molar-refractivity contribution in [2.24, 2.45) is 0 Å². The summed E-state index contributed by atoms with van der Waals surface area (Å²) in [5.41, 5.74) is 9.13. The molecule has 0 radical (unpaired) electrons. The Morgan fingerprint density at radius 3 is 1.30 bits per heavy atom.